The number of para-hydroxylation sites is 2. The Balaban J connectivity index is 1.53. The average Bonchev–Trinajstić information content (AvgIpc) is 3.52. The van der Waals surface area contributed by atoms with Crippen molar-refractivity contribution in [3.8, 4) is 5.75 Å². The van der Waals surface area contributed by atoms with Crippen molar-refractivity contribution < 1.29 is 19.1 Å². The van der Waals surface area contributed by atoms with Crippen molar-refractivity contribution in [1.29, 1.82) is 0 Å². The van der Waals surface area contributed by atoms with Gasteiger partial charge in [0.2, 0.25) is 5.91 Å². The number of Topliss-reactive ketones (excluding diaryl/α,β-unsaturated/α-hetero) is 2. The van der Waals surface area contributed by atoms with Crippen LogP contribution >= 0.6 is 11.6 Å². The third kappa shape index (κ3) is 3.97. The zero-order valence-corrected chi connectivity index (χ0v) is 24.3. The maximum absolute atomic E-state index is 14.9. The Kier molecular flexibility index (Phi) is 6.66. The fourth-order valence-electron chi connectivity index (χ4n) is 7.16. The van der Waals surface area contributed by atoms with Gasteiger partial charge in [0.05, 0.1) is 29.2 Å². The number of nitrogens with one attached hydrogen (secondary N) is 1. The minimum atomic E-state index is -1.42. The van der Waals surface area contributed by atoms with E-state index in [2.05, 4.69) is 5.32 Å². The Morgan fingerprint density at radius 1 is 0.884 bits per heavy atom. The van der Waals surface area contributed by atoms with Crippen molar-refractivity contribution in [1.82, 2.24) is 4.90 Å². The molecule has 3 heterocycles. The first kappa shape index (κ1) is 27.2. The van der Waals surface area contributed by atoms with Gasteiger partial charge in [-0.15, -0.1) is 0 Å². The molecule has 1 saturated heterocycles. The van der Waals surface area contributed by atoms with Crippen LogP contribution in [0.3, 0.4) is 0 Å². The molecule has 0 radical (unpaired) electrons. The van der Waals surface area contributed by atoms with Crippen LogP contribution in [0.5, 0.6) is 5.75 Å². The van der Waals surface area contributed by atoms with E-state index in [0.717, 1.165) is 17.5 Å². The Labute approximate surface area is 254 Å². The topological polar surface area (TPSA) is 75.7 Å². The Bertz CT molecular complexity index is 1820. The van der Waals surface area contributed by atoms with Crippen molar-refractivity contribution >= 4 is 40.8 Å². The van der Waals surface area contributed by atoms with E-state index in [1.807, 2.05) is 78.7 Å². The lowest BCUT2D eigenvalue weighted by Crippen LogP contribution is -2.49. The van der Waals surface area contributed by atoms with Gasteiger partial charge >= 0.3 is 0 Å². The van der Waals surface area contributed by atoms with Crippen LogP contribution in [-0.2, 0) is 10.2 Å². The standard InChI is InChI=1S/C36H29ClN2O4/c1-2-21-43-29-18-10-6-14-25(29)33(41)31-30(32(40)24-13-5-8-16-27(24)37)36(26-15-7-9-17-28(26)38-35(36)42)34-23-12-4-3-11-22(23)19-20-39(31)34/h3-20,30-31,34H,2,21H2,1H3,(H,38,42)/t30-,31+,34+,36-/m0/s1. The lowest BCUT2D eigenvalue weighted by Gasteiger charge is -2.38. The predicted octanol–water partition coefficient (Wildman–Crippen LogP) is 7.11. The second-order valence-electron chi connectivity index (χ2n) is 11.1. The summed E-state index contributed by atoms with van der Waals surface area (Å²) in [7, 11) is 0. The first-order valence-corrected chi connectivity index (χ1v) is 14.9. The number of amides is 1. The van der Waals surface area contributed by atoms with E-state index in [4.69, 9.17) is 16.3 Å². The number of anilines is 1. The number of benzene rings is 4. The van der Waals surface area contributed by atoms with Gasteiger partial charge in [-0.05, 0) is 59.5 Å². The van der Waals surface area contributed by atoms with E-state index >= 15 is 0 Å². The third-order valence-electron chi connectivity index (χ3n) is 8.88. The molecule has 3 aliphatic heterocycles. The number of ether oxygens (including phenoxy) is 1. The van der Waals surface area contributed by atoms with Gasteiger partial charge in [-0.1, -0.05) is 85.3 Å². The fourth-order valence-corrected chi connectivity index (χ4v) is 7.39. The quantitative estimate of drug-likeness (QED) is 0.233. The monoisotopic (exact) mass is 588 g/mol. The Hall–Kier alpha value is -4.68. The summed E-state index contributed by atoms with van der Waals surface area (Å²) in [4.78, 5) is 46.4. The molecule has 4 aromatic carbocycles. The zero-order chi connectivity index (χ0) is 29.7. The third-order valence-corrected chi connectivity index (χ3v) is 9.20. The highest BCUT2D eigenvalue weighted by atomic mass is 35.5. The Morgan fingerprint density at radius 3 is 2.40 bits per heavy atom. The molecule has 0 aliphatic carbocycles. The maximum Gasteiger partial charge on any atom is 0.238 e. The van der Waals surface area contributed by atoms with Crippen LogP contribution in [0.4, 0.5) is 5.69 Å². The molecule has 1 fully saturated rings. The van der Waals surface area contributed by atoms with E-state index in [-0.39, 0.29) is 28.1 Å². The number of hydrogen-bond acceptors (Lipinski definition) is 5. The molecule has 1 spiro atoms. The highest BCUT2D eigenvalue weighted by Gasteiger charge is 2.71. The summed E-state index contributed by atoms with van der Waals surface area (Å²) in [6, 6.07) is 27.6. The van der Waals surface area contributed by atoms with Crippen LogP contribution in [0.1, 0.15) is 56.8 Å². The molecule has 1 amide bonds. The lowest BCUT2D eigenvalue weighted by atomic mass is 9.62. The number of rotatable bonds is 7. The van der Waals surface area contributed by atoms with Gasteiger partial charge in [-0.25, -0.2) is 0 Å². The number of ketones is 2. The van der Waals surface area contributed by atoms with E-state index in [9.17, 15) is 14.4 Å². The molecule has 6 nitrogen and oxygen atoms in total. The molecule has 4 atom stereocenters. The van der Waals surface area contributed by atoms with Crippen LogP contribution in [-0.4, -0.2) is 35.0 Å². The number of carbonyl (C=O) groups is 3. The van der Waals surface area contributed by atoms with Crippen LogP contribution in [0.15, 0.2) is 103 Å². The number of hydrogen-bond donors (Lipinski definition) is 1. The second-order valence-corrected chi connectivity index (χ2v) is 11.5. The predicted molar refractivity (Wildman–Crippen MR) is 166 cm³/mol. The molecule has 214 valence electrons. The fraction of sp³-hybridized carbons (Fsp3) is 0.194. The summed E-state index contributed by atoms with van der Waals surface area (Å²) >= 11 is 6.64. The molecule has 0 aromatic heterocycles. The molecule has 43 heavy (non-hydrogen) atoms. The highest BCUT2D eigenvalue weighted by Crippen LogP contribution is 2.62. The summed E-state index contributed by atoms with van der Waals surface area (Å²) in [6.45, 7) is 2.44. The Morgan fingerprint density at radius 2 is 1.58 bits per heavy atom. The van der Waals surface area contributed by atoms with Crippen molar-refractivity contribution in [3.63, 3.8) is 0 Å². The summed E-state index contributed by atoms with van der Waals surface area (Å²) in [5, 5.41) is 3.34. The molecule has 7 heteroatoms. The molecule has 0 saturated carbocycles. The number of fused-ring (bicyclic) bond motifs is 6. The molecule has 7 rings (SSSR count). The molecular weight excluding hydrogens is 560 g/mol. The number of nitrogens with zero attached hydrogens (tertiary/aromatic N) is 1. The van der Waals surface area contributed by atoms with Crippen molar-refractivity contribution in [2.24, 2.45) is 5.92 Å². The van der Waals surface area contributed by atoms with Crippen molar-refractivity contribution in [3.05, 3.63) is 136 Å². The van der Waals surface area contributed by atoms with Gasteiger partial charge in [-0.3, -0.25) is 14.4 Å². The van der Waals surface area contributed by atoms with Gasteiger partial charge in [-0.2, -0.15) is 0 Å². The van der Waals surface area contributed by atoms with E-state index in [1.165, 1.54) is 0 Å². The largest absolute Gasteiger partial charge is 0.493 e. The van der Waals surface area contributed by atoms with Crippen molar-refractivity contribution in [2.45, 2.75) is 30.8 Å². The normalized spacial score (nSPS) is 23.0. The number of halogens is 1. The van der Waals surface area contributed by atoms with Crippen LogP contribution in [0.2, 0.25) is 5.02 Å². The average molecular weight is 589 g/mol. The molecule has 0 unspecified atom stereocenters. The summed E-state index contributed by atoms with van der Waals surface area (Å²) in [5.41, 5.74) is 2.35. The number of carbonyl (C=O) groups excluding carboxylic acids is 3. The zero-order valence-electron chi connectivity index (χ0n) is 23.5. The summed E-state index contributed by atoms with van der Waals surface area (Å²) in [5.74, 6) is -1.62. The maximum atomic E-state index is 14.9. The van der Waals surface area contributed by atoms with E-state index in [1.54, 1.807) is 42.5 Å². The first-order valence-electron chi connectivity index (χ1n) is 14.5. The minimum absolute atomic E-state index is 0.271. The lowest BCUT2D eigenvalue weighted by molar-refractivity contribution is -0.122. The smallest absolute Gasteiger partial charge is 0.238 e. The van der Waals surface area contributed by atoms with Crippen molar-refractivity contribution in [2.75, 3.05) is 11.9 Å². The van der Waals surface area contributed by atoms with E-state index in [0.29, 0.717) is 29.2 Å². The van der Waals surface area contributed by atoms with Crippen LogP contribution < -0.4 is 10.1 Å². The minimum Gasteiger partial charge on any atom is -0.493 e. The summed E-state index contributed by atoms with van der Waals surface area (Å²) < 4.78 is 6.01. The SMILES string of the molecule is CCCOc1ccccc1C(=O)[C@H]1[C@@H](C(=O)c2ccccc2Cl)[C@]2(C(=O)Nc3ccccc32)[C@H]2c3ccccc3C=CN12. The molecule has 0 bridgehead atoms. The molecular formula is C36H29ClN2O4. The second kappa shape index (κ2) is 10.5. The van der Waals surface area contributed by atoms with E-state index < -0.39 is 23.4 Å². The highest BCUT2D eigenvalue weighted by molar-refractivity contribution is 6.34. The van der Waals surface area contributed by atoms with Crippen LogP contribution in [0.25, 0.3) is 6.08 Å². The molecule has 3 aliphatic rings. The van der Waals surface area contributed by atoms with Gasteiger partial charge in [0, 0.05) is 17.5 Å². The van der Waals surface area contributed by atoms with Gasteiger partial charge < -0.3 is 15.0 Å². The van der Waals surface area contributed by atoms with Gasteiger partial charge in [0.25, 0.3) is 0 Å². The van der Waals surface area contributed by atoms with Gasteiger partial charge in [0.1, 0.15) is 17.2 Å². The summed E-state index contributed by atoms with van der Waals surface area (Å²) in [6.07, 6.45) is 4.58. The van der Waals surface area contributed by atoms with Gasteiger partial charge in [0.15, 0.2) is 11.6 Å². The molecule has 1 N–H and O–H groups in total. The first-order chi connectivity index (χ1) is 21.0. The molecule has 4 aromatic rings. The van der Waals surface area contributed by atoms with Crippen LogP contribution in [0, 0.1) is 5.92 Å².